The van der Waals surface area contributed by atoms with Crippen LogP contribution in [0.2, 0.25) is 0 Å². The summed E-state index contributed by atoms with van der Waals surface area (Å²) in [5.41, 5.74) is -3.76. The second kappa shape index (κ2) is 6.82. The molecule has 0 bridgehead atoms. The number of carbonyl (C=O) groups excluding carboxylic acids is 4. The number of rotatable bonds is 2. The van der Waals surface area contributed by atoms with Gasteiger partial charge in [-0.3, -0.25) is 9.59 Å². The number of esters is 3. The van der Waals surface area contributed by atoms with Gasteiger partial charge >= 0.3 is 17.9 Å². The van der Waals surface area contributed by atoms with Crippen LogP contribution in [0.5, 0.6) is 0 Å². The van der Waals surface area contributed by atoms with Crippen LogP contribution in [0, 0.1) is 28.1 Å². The highest BCUT2D eigenvalue weighted by atomic mass is 16.7. The van der Waals surface area contributed by atoms with E-state index in [1.54, 1.807) is 0 Å². The molecule has 0 N–H and O–H groups in total. The Hall–Kier alpha value is -2.30. The summed E-state index contributed by atoms with van der Waals surface area (Å²) in [5, 5.41) is 0. The summed E-state index contributed by atoms with van der Waals surface area (Å²) in [6, 6.07) is 0. The molecule has 0 amide bonds. The van der Waals surface area contributed by atoms with Gasteiger partial charge in [-0.1, -0.05) is 6.92 Å². The molecule has 0 radical (unpaired) electrons. The Balaban J connectivity index is 1.38. The van der Waals surface area contributed by atoms with Gasteiger partial charge < -0.3 is 28.4 Å². The number of cyclic esters (lactones) is 3. The van der Waals surface area contributed by atoms with E-state index in [4.69, 9.17) is 28.4 Å². The predicted molar refractivity (Wildman–Crippen MR) is 121 cm³/mol. The van der Waals surface area contributed by atoms with E-state index in [0.717, 1.165) is 0 Å². The third kappa shape index (κ3) is 2.44. The lowest BCUT2D eigenvalue weighted by atomic mass is 9.37. The summed E-state index contributed by atoms with van der Waals surface area (Å²) < 4.78 is 35.2. The van der Waals surface area contributed by atoms with Crippen molar-refractivity contribution in [1.29, 1.82) is 0 Å². The van der Waals surface area contributed by atoms with Gasteiger partial charge in [0.15, 0.2) is 6.10 Å². The predicted octanol–water partition coefficient (Wildman–Crippen LogP) is 1.63. The van der Waals surface area contributed by atoms with Crippen LogP contribution < -0.4 is 0 Å². The molecule has 10 nitrogen and oxygen atoms in total. The molecule has 5 aliphatic heterocycles. The van der Waals surface area contributed by atoms with Crippen molar-refractivity contribution < 1.29 is 47.6 Å². The molecule has 7 rings (SSSR count). The Morgan fingerprint density at radius 3 is 2.43 bits per heavy atom. The van der Waals surface area contributed by atoms with E-state index in [-0.39, 0.29) is 49.1 Å². The molecule has 0 unspecified atom stereocenters. The maximum absolute atomic E-state index is 14.3. The number of epoxide rings is 1. The SMILES string of the molecule is CO[C@H]1OC(=O)C=C1[C@@H]1OC(=O)[C@H]2O[C@@]23[C@@]1(C)CC[C@@H]1[C@@]24COC(=O)C[C@@H]2OC(C)(C)[C@@H]4CC(=O)[C@]13C. The van der Waals surface area contributed by atoms with Crippen LogP contribution in [0.3, 0.4) is 0 Å². The Bertz CT molecular complexity index is 1190. The molecule has 0 aromatic rings. The molecule has 2 spiro atoms. The van der Waals surface area contributed by atoms with Crippen LogP contribution in [-0.2, 0) is 47.6 Å². The first-order valence-corrected chi connectivity index (χ1v) is 13.1. The van der Waals surface area contributed by atoms with Gasteiger partial charge in [-0.05, 0) is 39.5 Å². The van der Waals surface area contributed by atoms with Crippen molar-refractivity contribution in [2.75, 3.05) is 13.7 Å². The number of fused-ring (bicyclic) bond motifs is 1. The zero-order valence-corrected chi connectivity index (χ0v) is 21.7. The summed E-state index contributed by atoms with van der Waals surface area (Å²) in [6.07, 6.45) is -0.211. The van der Waals surface area contributed by atoms with Gasteiger partial charge in [0.05, 0.1) is 23.5 Å². The molecular weight excluding hydrogens is 484 g/mol. The first-order chi connectivity index (χ1) is 17.4. The molecular formula is C27H32O10. The molecule has 37 heavy (non-hydrogen) atoms. The fourth-order valence-corrected chi connectivity index (χ4v) is 9.71. The topological polar surface area (TPSA) is 127 Å². The van der Waals surface area contributed by atoms with Crippen molar-refractivity contribution in [3.05, 3.63) is 11.6 Å². The van der Waals surface area contributed by atoms with Gasteiger partial charge in [-0.2, -0.15) is 0 Å². The minimum absolute atomic E-state index is 0.0280. The van der Waals surface area contributed by atoms with Gasteiger partial charge in [0.2, 0.25) is 6.29 Å². The molecule has 2 saturated carbocycles. The first kappa shape index (κ1) is 23.8. The Morgan fingerprint density at radius 1 is 0.946 bits per heavy atom. The highest BCUT2D eigenvalue weighted by Crippen LogP contribution is 2.78. The van der Waals surface area contributed by atoms with Gasteiger partial charge in [-0.15, -0.1) is 0 Å². The molecule has 7 aliphatic rings. The Labute approximate surface area is 214 Å². The number of carbonyl (C=O) groups is 4. The molecule has 4 saturated heterocycles. The molecule has 6 fully saturated rings. The largest absolute Gasteiger partial charge is 0.465 e. The third-order valence-electron chi connectivity index (χ3n) is 11.2. The number of hydrogen-bond donors (Lipinski definition) is 0. The van der Waals surface area contributed by atoms with Crippen molar-refractivity contribution in [3.8, 4) is 0 Å². The Kier molecular flexibility index (Phi) is 4.38. The highest BCUT2D eigenvalue weighted by Gasteiger charge is 2.90. The number of ether oxygens (including phenoxy) is 6. The lowest BCUT2D eigenvalue weighted by molar-refractivity contribution is -0.223. The maximum Gasteiger partial charge on any atom is 0.339 e. The quantitative estimate of drug-likeness (QED) is 0.304. The van der Waals surface area contributed by atoms with Gasteiger partial charge in [0, 0.05) is 41.9 Å². The minimum Gasteiger partial charge on any atom is -0.465 e. The van der Waals surface area contributed by atoms with Crippen LogP contribution in [0.25, 0.3) is 0 Å². The number of Topliss-reactive ketones (excluding diaryl/α,β-unsaturated/α-hetero) is 1. The van der Waals surface area contributed by atoms with Crippen LogP contribution >= 0.6 is 0 Å². The fourth-order valence-electron chi connectivity index (χ4n) is 9.71. The molecule has 10 atom stereocenters. The molecule has 2 aliphatic carbocycles. The second-order valence-corrected chi connectivity index (χ2v) is 12.8. The molecule has 0 aromatic carbocycles. The van der Waals surface area contributed by atoms with Crippen LogP contribution in [-0.4, -0.2) is 73.2 Å². The van der Waals surface area contributed by atoms with Crippen LogP contribution in [0.1, 0.15) is 53.4 Å². The summed E-state index contributed by atoms with van der Waals surface area (Å²) in [6.45, 7) is 8.06. The number of methoxy groups -OCH3 is 1. The lowest BCUT2D eigenvalue weighted by Gasteiger charge is -2.65. The number of ketones is 1. The summed E-state index contributed by atoms with van der Waals surface area (Å²) in [5.74, 6) is -1.75. The normalized spacial score (nSPS) is 52.9. The van der Waals surface area contributed by atoms with E-state index in [2.05, 4.69) is 0 Å². The number of hydrogen-bond acceptors (Lipinski definition) is 10. The van der Waals surface area contributed by atoms with E-state index in [1.807, 2.05) is 27.7 Å². The van der Waals surface area contributed by atoms with Crippen molar-refractivity contribution in [3.63, 3.8) is 0 Å². The third-order valence-corrected chi connectivity index (χ3v) is 11.2. The van der Waals surface area contributed by atoms with E-state index in [9.17, 15) is 19.2 Å². The van der Waals surface area contributed by atoms with E-state index in [0.29, 0.717) is 18.4 Å². The van der Waals surface area contributed by atoms with Crippen molar-refractivity contribution >= 4 is 23.7 Å². The molecule has 200 valence electrons. The van der Waals surface area contributed by atoms with E-state index >= 15 is 0 Å². The van der Waals surface area contributed by atoms with Gasteiger partial charge in [0.25, 0.3) is 0 Å². The lowest BCUT2D eigenvalue weighted by Crippen LogP contribution is -2.74. The second-order valence-electron chi connectivity index (χ2n) is 12.8. The van der Waals surface area contributed by atoms with Crippen molar-refractivity contribution in [2.45, 2.75) is 89.2 Å². The summed E-state index contributed by atoms with van der Waals surface area (Å²) >= 11 is 0. The summed E-state index contributed by atoms with van der Waals surface area (Å²) in [4.78, 5) is 52.1. The van der Waals surface area contributed by atoms with Crippen molar-refractivity contribution in [2.24, 2.45) is 28.1 Å². The van der Waals surface area contributed by atoms with Crippen molar-refractivity contribution in [1.82, 2.24) is 0 Å². The summed E-state index contributed by atoms with van der Waals surface area (Å²) in [7, 11) is 1.42. The average Bonchev–Trinajstić information content (AvgIpc) is 3.45. The molecule has 0 aromatic heterocycles. The highest BCUT2D eigenvalue weighted by molar-refractivity contribution is 5.94. The Morgan fingerprint density at radius 2 is 1.70 bits per heavy atom. The fraction of sp³-hybridized carbons (Fsp3) is 0.778. The van der Waals surface area contributed by atoms with Gasteiger partial charge in [-0.25, -0.2) is 9.59 Å². The van der Waals surface area contributed by atoms with E-state index in [1.165, 1.54) is 13.2 Å². The first-order valence-electron chi connectivity index (χ1n) is 13.1. The smallest absolute Gasteiger partial charge is 0.339 e. The zero-order chi connectivity index (χ0) is 26.3. The zero-order valence-electron chi connectivity index (χ0n) is 21.7. The molecule has 5 heterocycles. The minimum atomic E-state index is -1.14. The van der Waals surface area contributed by atoms with Gasteiger partial charge in [0.1, 0.15) is 24.1 Å². The average molecular weight is 517 g/mol. The molecule has 10 heteroatoms. The standard InChI is InChI=1S/C27H32O10/c1-23(2)14-9-15(28)25(4)13(26(14)11-33-17(29)10-16(26)36-23)6-7-24(3)19(12-8-18(30)34-22(12)32-5)35-21(31)20-27(24,25)37-20/h8,13-14,16,19-20,22H,6-7,9-11H2,1-5H3/t13-,14-,16-,19-,20+,22-,24-,25-,26+,27+/m0/s1. The monoisotopic (exact) mass is 516 g/mol. The van der Waals surface area contributed by atoms with Crippen LogP contribution in [0.15, 0.2) is 11.6 Å². The van der Waals surface area contributed by atoms with Crippen LogP contribution in [0.4, 0.5) is 0 Å². The van der Waals surface area contributed by atoms with E-state index < -0.39 is 57.9 Å². The maximum atomic E-state index is 14.3.